The molecule has 0 saturated carbocycles. The molecule has 4 aromatic rings. The van der Waals surface area contributed by atoms with E-state index in [-0.39, 0.29) is 18.0 Å². The lowest BCUT2D eigenvalue weighted by atomic mass is 10.1. The van der Waals surface area contributed by atoms with Crippen LogP contribution in [-0.2, 0) is 0 Å². The van der Waals surface area contributed by atoms with Crippen LogP contribution in [0.3, 0.4) is 0 Å². The van der Waals surface area contributed by atoms with Crippen LogP contribution in [0.2, 0.25) is 0 Å². The molecule has 182 valence electrons. The topological polar surface area (TPSA) is 116 Å². The summed E-state index contributed by atoms with van der Waals surface area (Å²) in [5.41, 5.74) is 1.78. The molecule has 2 aliphatic rings. The van der Waals surface area contributed by atoms with Crippen LogP contribution in [-0.4, -0.2) is 40.8 Å². The van der Waals surface area contributed by atoms with Crippen molar-refractivity contribution >= 4 is 50.6 Å². The number of piperidine rings is 1. The summed E-state index contributed by atoms with van der Waals surface area (Å²) < 4.78 is 5.87. The Morgan fingerprint density at radius 1 is 1.11 bits per heavy atom. The average molecular weight is 502 g/mol. The summed E-state index contributed by atoms with van der Waals surface area (Å²) in [6.07, 6.45) is 2.15. The zero-order valence-corrected chi connectivity index (χ0v) is 19.9. The van der Waals surface area contributed by atoms with Gasteiger partial charge in [-0.1, -0.05) is 18.2 Å². The largest absolute Gasteiger partial charge is 0.457 e. The highest BCUT2D eigenvalue weighted by Gasteiger charge is 2.33. The first-order chi connectivity index (χ1) is 17.6. The van der Waals surface area contributed by atoms with Crippen LogP contribution in [0, 0.1) is 0 Å². The number of urea groups is 1. The molecule has 36 heavy (non-hydrogen) atoms. The summed E-state index contributed by atoms with van der Waals surface area (Å²) in [4.78, 5) is 33.5. The van der Waals surface area contributed by atoms with Crippen molar-refractivity contribution in [2.45, 2.75) is 25.1 Å². The second-order valence-electron chi connectivity index (χ2n) is 8.66. The number of carbonyl (C=O) groups excluding carboxylic acids is 2. The second-order valence-corrected chi connectivity index (χ2v) is 9.65. The van der Waals surface area contributed by atoms with E-state index in [1.54, 1.807) is 17.2 Å². The molecule has 1 saturated heterocycles. The van der Waals surface area contributed by atoms with Crippen LogP contribution in [0.5, 0.6) is 11.5 Å². The smallest absolute Gasteiger partial charge is 0.331 e. The number of para-hydroxylation sites is 1. The molecule has 4 N–H and O–H groups in total. The average Bonchev–Trinajstić information content (AvgIpc) is 3.25. The van der Waals surface area contributed by atoms with Gasteiger partial charge in [0.25, 0.3) is 5.91 Å². The summed E-state index contributed by atoms with van der Waals surface area (Å²) in [6, 6.07) is 18.0. The molecule has 0 spiro atoms. The molecule has 2 aromatic heterocycles. The maximum absolute atomic E-state index is 13.3. The first-order valence-corrected chi connectivity index (χ1v) is 12.5. The van der Waals surface area contributed by atoms with Gasteiger partial charge in [0.05, 0.1) is 22.4 Å². The monoisotopic (exact) mass is 501 g/mol. The molecule has 3 amide bonds. The van der Waals surface area contributed by atoms with Crippen molar-refractivity contribution in [1.82, 2.24) is 15.6 Å². The van der Waals surface area contributed by atoms with Crippen molar-refractivity contribution < 1.29 is 19.4 Å². The Balaban J connectivity index is 1.30. The summed E-state index contributed by atoms with van der Waals surface area (Å²) in [7, 11) is 0. The SMILES string of the molecule is O=C(N[C@H]1CCN[C@H](O)C1)c1sc2nccc3c2c1NC(=O)N3c1ccc(Oc2ccccc2)cc1. The highest BCUT2D eigenvalue weighted by molar-refractivity contribution is 7.21. The highest BCUT2D eigenvalue weighted by atomic mass is 32.1. The van der Waals surface area contributed by atoms with Crippen LogP contribution >= 0.6 is 11.3 Å². The van der Waals surface area contributed by atoms with Gasteiger partial charge in [0.15, 0.2) is 0 Å². The molecule has 2 aliphatic heterocycles. The number of thiophene rings is 1. The number of hydrogen-bond donors (Lipinski definition) is 4. The first-order valence-electron chi connectivity index (χ1n) is 11.6. The number of benzene rings is 2. The molecule has 10 heteroatoms. The number of carbonyl (C=O) groups is 2. The molecule has 0 aliphatic carbocycles. The zero-order valence-electron chi connectivity index (χ0n) is 19.1. The summed E-state index contributed by atoms with van der Waals surface area (Å²) >= 11 is 1.24. The maximum atomic E-state index is 13.3. The fraction of sp³-hybridized carbons (Fsp3) is 0.192. The number of pyridine rings is 1. The predicted octanol–water partition coefficient (Wildman–Crippen LogP) is 4.57. The fourth-order valence-corrected chi connectivity index (χ4v) is 5.59. The molecule has 0 bridgehead atoms. The number of ether oxygens (including phenoxy) is 1. The van der Waals surface area contributed by atoms with Gasteiger partial charge in [-0.3, -0.25) is 15.0 Å². The third-order valence-electron chi connectivity index (χ3n) is 6.24. The van der Waals surface area contributed by atoms with Gasteiger partial charge in [0, 0.05) is 18.7 Å². The van der Waals surface area contributed by atoms with Gasteiger partial charge in [0.2, 0.25) is 0 Å². The Bertz CT molecular complexity index is 1440. The summed E-state index contributed by atoms with van der Waals surface area (Å²) in [6.45, 7) is 0.623. The van der Waals surface area contributed by atoms with Gasteiger partial charge in [-0.2, -0.15) is 0 Å². The fourth-order valence-electron chi connectivity index (χ4n) is 4.57. The molecular formula is C26H23N5O4S. The summed E-state index contributed by atoms with van der Waals surface area (Å²) in [5, 5.41) is 19.4. The number of aliphatic hydroxyl groups excluding tert-OH is 1. The Kier molecular flexibility index (Phi) is 5.76. The number of aromatic nitrogens is 1. The number of anilines is 3. The Labute approximate surface area is 210 Å². The van der Waals surface area contributed by atoms with Gasteiger partial charge >= 0.3 is 6.03 Å². The Hall–Kier alpha value is -3.99. The molecule has 0 radical (unpaired) electrons. The van der Waals surface area contributed by atoms with Gasteiger partial charge in [-0.25, -0.2) is 9.78 Å². The molecule has 6 rings (SSSR count). The molecule has 9 nitrogen and oxygen atoms in total. The normalized spacial score (nSPS) is 19.1. The number of nitrogens with one attached hydrogen (secondary N) is 3. The second kappa shape index (κ2) is 9.23. The molecule has 2 aromatic carbocycles. The number of rotatable bonds is 5. The van der Waals surface area contributed by atoms with E-state index < -0.39 is 6.23 Å². The van der Waals surface area contributed by atoms with E-state index in [0.717, 1.165) is 17.6 Å². The number of aliphatic hydroxyl groups is 1. The van der Waals surface area contributed by atoms with Crippen molar-refractivity contribution in [3.05, 3.63) is 71.7 Å². The van der Waals surface area contributed by atoms with E-state index in [1.807, 2.05) is 54.6 Å². The van der Waals surface area contributed by atoms with Gasteiger partial charge in [-0.05, 0) is 55.4 Å². The van der Waals surface area contributed by atoms with Crippen molar-refractivity contribution in [2.75, 3.05) is 16.8 Å². The minimum atomic E-state index is -0.643. The van der Waals surface area contributed by atoms with E-state index in [9.17, 15) is 14.7 Å². The lowest BCUT2D eigenvalue weighted by molar-refractivity contribution is 0.0785. The van der Waals surface area contributed by atoms with Crippen molar-refractivity contribution in [2.24, 2.45) is 0 Å². The van der Waals surface area contributed by atoms with Gasteiger partial charge < -0.3 is 20.5 Å². The molecular weight excluding hydrogens is 478 g/mol. The Morgan fingerprint density at radius 3 is 2.67 bits per heavy atom. The minimum absolute atomic E-state index is 0.147. The first kappa shape index (κ1) is 22.5. The number of hydrogen-bond acceptors (Lipinski definition) is 7. The summed E-state index contributed by atoms with van der Waals surface area (Å²) in [5.74, 6) is 1.10. The van der Waals surface area contributed by atoms with Crippen LogP contribution in [0.25, 0.3) is 10.2 Å². The number of amides is 3. The third kappa shape index (κ3) is 4.15. The van der Waals surface area contributed by atoms with Crippen LogP contribution in [0.4, 0.5) is 21.9 Å². The molecule has 4 heterocycles. The van der Waals surface area contributed by atoms with Crippen LogP contribution in [0.1, 0.15) is 22.5 Å². The highest BCUT2D eigenvalue weighted by Crippen LogP contribution is 2.45. The van der Waals surface area contributed by atoms with E-state index >= 15 is 0 Å². The quantitative estimate of drug-likeness (QED) is 0.318. The number of nitrogens with zero attached hydrogens (tertiary/aromatic N) is 2. The van der Waals surface area contributed by atoms with Crippen molar-refractivity contribution in [1.29, 1.82) is 0 Å². The maximum Gasteiger partial charge on any atom is 0.331 e. The van der Waals surface area contributed by atoms with Gasteiger partial charge in [0.1, 0.15) is 27.4 Å². The van der Waals surface area contributed by atoms with Crippen molar-refractivity contribution in [3.8, 4) is 11.5 Å². The van der Waals surface area contributed by atoms with E-state index in [2.05, 4.69) is 20.9 Å². The van der Waals surface area contributed by atoms with Gasteiger partial charge in [-0.15, -0.1) is 11.3 Å². The molecule has 1 fully saturated rings. The van der Waals surface area contributed by atoms with Crippen molar-refractivity contribution in [3.63, 3.8) is 0 Å². The van der Waals surface area contributed by atoms with E-state index in [0.29, 0.717) is 45.5 Å². The van der Waals surface area contributed by atoms with Crippen LogP contribution in [0.15, 0.2) is 66.9 Å². The lowest BCUT2D eigenvalue weighted by Crippen LogP contribution is -2.47. The Morgan fingerprint density at radius 2 is 1.89 bits per heavy atom. The third-order valence-corrected chi connectivity index (χ3v) is 7.34. The molecule has 2 atom stereocenters. The predicted molar refractivity (Wildman–Crippen MR) is 138 cm³/mol. The van der Waals surface area contributed by atoms with E-state index in [1.165, 1.54) is 11.3 Å². The standard InChI is InChI=1S/C26H23N5O4S/c32-20-14-15(10-12-27-20)29-24(33)23-22-21-19(11-13-28-25(21)36-23)31(26(34)30-22)16-6-8-18(9-7-16)35-17-4-2-1-3-5-17/h1-9,11,13,15,20,27,32H,10,12,14H2,(H,29,33)(H,30,34)/t15-,20+/m0/s1. The van der Waals surface area contributed by atoms with Crippen LogP contribution < -0.4 is 25.6 Å². The minimum Gasteiger partial charge on any atom is -0.457 e. The van der Waals surface area contributed by atoms with E-state index in [4.69, 9.17) is 4.74 Å². The molecule has 0 unspecified atom stereocenters. The lowest BCUT2D eigenvalue weighted by Gasteiger charge is -2.29. The zero-order chi connectivity index (χ0) is 24.6.